The van der Waals surface area contributed by atoms with Crippen molar-refractivity contribution in [3.8, 4) is 0 Å². The lowest BCUT2D eigenvalue weighted by Gasteiger charge is -2.29. The van der Waals surface area contributed by atoms with E-state index in [9.17, 15) is 0 Å². The molecule has 2 aliphatic rings. The third-order valence-electron chi connectivity index (χ3n) is 3.81. The largest absolute Gasteiger partial charge is 0.380 e. The fourth-order valence-corrected chi connectivity index (χ4v) is 3.04. The number of nitrogens with one attached hydrogen (secondary N) is 1. The molecule has 76 valence electrons. The molecule has 14 heavy (non-hydrogen) atoms. The molecule has 1 spiro atoms. The lowest BCUT2D eigenvalue weighted by molar-refractivity contribution is 0.317. The molecule has 0 amide bonds. The van der Waals surface area contributed by atoms with Crippen molar-refractivity contribution in [1.82, 2.24) is 4.37 Å². The lowest BCUT2D eigenvalue weighted by Crippen LogP contribution is -2.26. The Balaban J connectivity index is 1.55. The maximum absolute atomic E-state index is 4.11. The Morgan fingerprint density at radius 1 is 1.29 bits per heavy atom. The zero-order valence-electron chi connectivity index (χ0n) is 8.33. The zero-order valence-corrected chi connectivity index (χ0v) is 9.15. The van der Waals surface area contributed by atoms with E-state index < -0.39 is 0 Å². The van der Waals surface area contributed by atoms with Gasteiger partial charge in [-0.1, -0.05) is 0 Å². The number of rotatable bonds is 2. The number of hydrogen-bond acceptors (Lipinski definition) is 3. The second-order valence-electron chi connectivity index (χ2n) is 4.83. The Labute approximate surface area is 88.9 Å². The first-order chi connectivity index (χ1) is 6.86. The van der Waals surface area contributed by atoms with E-state index in [0.717, 1.165) is 5.41 Å². The summed E-state index contributed by atoms with van der Waals surface area (Å²) in [5.41, 5.74) is 2.03. The molecule has 0 aliphatic heterocycles. The minimum absolute atomic E-state index is 0.706. The summed E-state index contributed by atoms with van der Waals surface area (Å²) in [6.07, 6.45) is 10.5. The highest BCUT2D eigenvalue weighted by Gasteiger charge is 2.44. The maximum Gasteiger partial charge on any atom is 0.0655 e. The van der Waals surface area contributed by atoms with Gasteiger partial charge in [0.25, 0.3) is 0 Å². The van der Waals surface area contributed by atoms with E-state index in [1.807, 2.05) is 6.20 Å². The van der Waals surface area contributed by atoms with Crippen LogP contribution in [0.25, 0.3) is 0 Å². The van der Waals surface area contributed by atoms with Gasteiger partial charge >= 0.3 is 0 Å². The molecule has 2 nitrogen and oxygen atoms in total. The van der Waals surface area contributed by atoms with Crippen LogP contribution in [0, 0.1) is 5.41 Å². The number of hydrogen-bond donors (Lipinski definition) is 1. The first kappa shape index (κ1) is 8.72. The molecule has 1 aromatic heterocycles. The predicted octanol–water partition coefficient (Wildman–Crippen LogP) is 3.28. The second kappa shape index (κ2) is 3.23. The highest BCUT2D eigenvalue weighted by molar-refractivity contribution is 7.04. The first-order valence-corrected chi connectivity index (χ1v) is 6.36. The summed E-state index contributed by atoms with van der Waals surface area (Å²) in [7, 11) is 0. The second-order valence-corrected chi connectivity index (χ2v) is 5.49. The molecule has 0 radical (unpaired) electrons. The van der Waals surface area contributed by atoms with Crippen LogP contribution in [0.5, 0.6) is 0 Å². The van der Waals surface area contributed by atoms with Gasteiger partial charge in [0.2, 0.25) is 0 Å². The highest BCUT2D eigenvalue weighted by Crippen LogP contribution is 2.56. The molecule has 2 saturated carbocycles. The quantitative estimate of drug-likeness (QED) is 0.806. The monoisotopic (exact) mass is 208 g/mol. The molecule has 0 aromatic carbocycles. The summed E-state index contributed by atoms with van der Waals surface area (Å²) < 4.78 is 4.11. The normalized spacial score (nSPS) is 25.1. The Bertz CT molecular complexity index is 293. The van der Waals surface area contributed by atoms with Crippen molar-refractivity contribution in [3.05, 3.63) is 11.6 Å². The average molecular weight is 208 g/mol. The summed E-state index contributed by atoms with van der Waals surface area (Å²) in [6.45, 7) is 0. The van der Waals surface area contributed by atoms with Gasteiger partial charge in [-0.15, -0.1) is 0 Å². The molecule has 0 bridgehead atoms. The van der Waals surface area contributed by atoms with E-state index in [-0.39, 0.29) is 0 Å². The van der Waals surface area contributed by atoms with Crippen LogP contribution in [-0.4, -0.2) is 10.4 Å². The van der Waals surface area contributed by atoms with Crippen molar-refractivity contribution in [1.29, 1.82) is 0 Å². The van der Waals surface area contributed by atoms with Crippen LogP contribution >= 0.6 is 11.5 Å². The van der Waals surface area contributed by atoms with Crippen LogP contribution in [0.1, 0.15) is 38.5 Å². The fourth-order valence-electron chi connectivity index (χ4n) is 2.56. The lowest BCUT2D eigenvalue weighted by atomic mass is 9.83. The molecular formula is C11H16N2S. The Kier molecular flexibility index (Phi) is 2.01. The van der Waals surface area contributed by atoms with E-state index in [1.54, 1.807) is 0 Å². The molecule has 3 heteroatoms. The summed E-state index contributed by atoms with van der Waals surface area (Å²) in [4.78, 5) is 0. The van der Waals surface area contributed by atoms with Crippen LogP contribution in [0.3, 0.4) is 0 Å². The van der Waals surface area contributed by atoms with E-state index in [0.29, 0.717) is 6.04 Å². The average Bonchev–Trinajstić information content (AvgIpc) is 2.77. The van der Waals surface area contributed by atoms with Gasteiger partial charge in [0, 0.05) is 11.4 Å². The van der Waals surface area contributed by atoms with Crippen molar-refractivity contribution in [2.75, 3.05) is 5.32 Å². The van der Waals surface area contributed by atoms with Gasteiger partial charge in [-0.2, -0.15) is 4.37 Å². The summed E-state index contributed by atoms with van der Waals surface area (Å²) >= 11 is 1.53. The maximum atomic E-state index is 4.11. The molecule has 2 fully saturated rings. The first-order valence-electron chi connectivity index (χ1n) is 5.52. The molecule has 1 aromatic rings. The Hall–Kier alpha value is -0.570. The third kappa shape index (κ3) is 1.65. The minimum atomic E-state index is 0.706. The van der Waals surface area contributed by atoms with Crippen molar-refractivity contribution in [2.24, 2.45) is 5.41 Å². The van der Waals surface area contributed by atoms with Gasteiger partial charge in [-0.05, 0) is 55.5 Å². The number of aromatic nitrogens is 1. The SMILES string of the molecule is c1nscc1NC1CCC2(CC1)CC2. The van der Waals surface area contributed by atoms with Gasteiger partial charge in [0.1, 0.15) is 0 Å². The smallest absolute Gasteiger partial charge is 0.0655 e. The van der Waals surface area contributed by atoms with Gasteiger partial charge in [0.05, 0.1) is 11.9 Å². The molecule has 1 N–H and O–H groups in total. The molecule has 0 saturated heterocycles. The van der Waals surface area contributed by atoms with Gasteiger partial charge in [-0.25, -0.2) is 0 Å². The van der Waals surface area contributed by atoms with Crippen LogP contribution < -0.4 is 5.32 Å². The topological polar surface area (TPSA) is 24.9 Å². The summed E-state index contributed by atoms with van der Waals surface area (Å²) in [6, 6.07) is 0.706. The van der Waals surface area contributed by atoms with E-state index in [4.69, 9.17) is 0 Å². The molecule has 3 rings (SSSR count). The fraction of sp³-hybridized carbons (Fsp3) is 0.727. The molecule has 2 aliphatic carbocycles. The molecule has 1 heterocycles. The zero-order chi connectivity index (χ0) is 9.43. The Morgan fingerprint density at radius 3 is 2.64 bits per heavy atom. The number of anilines is 1. The predicted molar refractivity (Wildman–Crippen MR) is 59.7 cm³/mol. The van der Waals surface area contributed by atoms with Crippen molar-refractivity contribution in [2.45, 2.75) is 44.6 Å². The van der Waals surface area contributed by atoms with Crippen molar-refractivity contribution < 1.29 is 0 Å². The third-order valence-corrected chi connectivity index (χ3v) is 4.39. The van der Waals surface area contributed by atoms with Crippen LogP contribution in [0.2, 0.25) is 0 Å². The Morgan fingerprint density at radius 2 is 2.07 bits per heavy atom. The summed E-state index contributed by atoms with van der Waals surface area (Å²) in [5, 5.41) is 5.67. The van der Waals surface area contributed by atoms with Crippen molar-refractivity contribution in [3.63, 3.8) is 0 Å². The van der Waals surface area contributed by atoms with Crippen LogP contribution in [-0.2, 0) is 0 Å². The molecule has 0 atom stereocenters. The van der Waals surface area contributed by atoms with Crippen molar-refractivity contribution >= 4 is 17.2 Å². The number of nitrogens with zero attached hydrogens (tertiary/aromatic N) is 1. The van der Waals surface area contributed by atoms with Gasteiger partial charge < -0.3 is 5.32 Å². The molecule has 0 unspecified atom stereocenters. The highest BCUT2D eigenvalue weighted by atomic mass is 32.1. The minimum Gasteiger partial charge on any atom is -0.380 e. The van der Waals surface area contributed by atoms with Gasteiger partial charge in [0.15, 0.2) is 0 Å². The standard InChI is InChI=1S/C11H16N2S/c1-3-11(5-6-11)4-2-9(1)13-10-7-12-14-8-10/h7-9,13H,1-6H2. The van der Waals surface area contributed by atoms with Crippen LogP contribution in [0.4, 0.5) is 5.69 Å². The van der Waals surface area contributed by atoms with Gasteiger partial charge in [-0.3, -0.25) is 0 Å². The van der Waals surface area contributed by atoms with Crippen LogP contribution in [0.15, 0.2) is 11.6 Å². The summed E-state index contributed by atoms with van der Waals surface area (Å²) in [5.74, 6) is 0. The van der Waals surface area contributed by atoms with E-state index in [2.05, 4.69) is 15.1 Å². The van der Waals surface area contributed by atoms with E-state index >= 15 is 0 Å². The molecular weight excluding hydrogens is 192 g/mol. The van der Waals surface area contributed by atoms with E-state index in [1.165, 1.54) is 55.7 Å².